The smallest absolute Gasteiger partial charge is 0.399 e. The van der Waals surface area contributed by atoms with Crippen LogP contribution in [0.2, 0.25) is 0 Å². The first-order valence-corrected chi connectivity index (χ1v) is 10.2. The largest absolute Gasteiger partial charge is 0.494 e. The Kier molecular flexibility index (Phi) is 5.21. The zero-order valence-electron chi connectivity index (χ0n) is 16.3. The van der Waals surface area contributed by atoms with Gasteiger partial charge in [-0.05, 0) is 64.9 Å². The van der Waals surface area contributed by atoms with E-state index in [2.05, 4.69) is 0 Å². The van der Waals surface area contributed by atoms with E-state index >= 15 is 0 Å². The molecule has 0 aromatic heterocycles. The van der Waals surface area contributed by atoms with E-state index in [0.717, 1.165) is 11.0 Å². The molecule has 1 atom stereocenters. The summed E-state index contributed by atoms with van der Waals surface area (Å²) < 4.78 is 34.6. The van der Waals surface area contributed by atoms with Gasteiger partial charge in [0.25, 0.3) is 0 Å². The highest BCUT2D eigenvalue weighted by atomic mass is 32.2. The van der Waals surface area contributed by atoms with E-state index in [1.807, 2.05) is 58.9 Å². The molecule has 0 spiro atoms. The second-order valence-corrected chi connectivity index (χ2v) is 10.9. The van der Waals surface area contributed by atoms with Crippen molar-refractivity contribution in [2.45, 2.75) is 76.8 Å². The maximum Gasteiger partial charge on any atom is 0.494 e. The van der Waals surface area contributed by atoms with Crippen LogP contribution in [0.1, 0.15) is 66.4 Å². The van der Waals surface area contributed by atoms with Gasteiger partial charge in [0, 0.05) is 0 Å². The Morgan fingerprint density at radius 1 is 1.08 bits per heavy atom. The maximum absolute atomic E-state index is 11.7. The van der Waals surface area contributed by atoms with E-state index in [0.29, 0.717) is 6.42 Å². The summed E-state index contributed by atoms with van der Waals surface area (Å²) in [5, 5.41) is 5.34. The summed E-state index contributed by atoms with van der Waals surface area (Å²) in [6.07, 6.45) is 0.460. The zero-order valence-corrected chi connectivity index (χ0v) is 17.1. The summed E-state index contributed by atoms with van der Waals surface area (Å²) in [7, 11) is -3.99. The number of hydrogen-bond donors (Lipinski definition) is 1. The third-order valence-corrected chi connectivity index (χ3v) is 7.31. The van der Waals surface area contributed by atoms with E-state index in [9.17, 15) is 8.42 Å². The van der Waals surface area contributed by atoms with Gasteiger partial charge in [-0.15, -0.1) is 0 Å². The second kappa shape index (κ2) is 6.37. The predicted molar refractivity (Wildman–Crippen MR) is 102 cm³/mol. The van der Waals surface area contributed by atoms with Crippen LogP contribution in [-0.4, -0.2) is 31.5 Å². The lowest BCUT2D eigenvalue weighted by molar-refractivity contribution is 0.00578. The van der Waals surface area contributed by atoms with Gasteiger partial charge in [-0.2, -0.15) is 0 Å². The van der Waals surface area contributed by atoms with Gasteiger partial charge < -0.3 is 9.31 Å². The van der Waals surface area contributed by atoms with E-state index in [1.165, 1.54) is 0 Å². The molecule has 1 saturated heterocycles. The number of sulfonamides is 1. The quantitative estimate of drug-likeness (QED) is 0.812. The van der Waals surface area contributed by atoms with Gasteiger partial charge in [0.1, 0.15) is 0 Å². The predicted octanol–water partition coefficient (Wildman–Crippen LogP) is 2.55. The molecular formula is C18H30BNO4S. The minimum absolute atomic E-state index is 0.0701. The van der Waals surface area contributed by atoms with Crippen LogP contribution in [0.3, 0.4) is 0 Å². The van der Waals surface area contributed by atoms with Crippen LogP contribution in [-0.2, 0) is 19.3 Å². The number of benzene rings is 1. The lowest BCUT2D eigenvalue weighted by atomic mass is 9.78. The van der Waals surface area contributed by atoms with Crippen LogP contribution in [0.5, 0.6) is 0 Å². The van der Waals surface area contributed by atoms with Crippen molar-refractivity contribution in [2.75, 3.05) is 0 Å². The number of hydrogen-bond acceptors (Lipinski definition) is 4. The highest BCUT2D eigenvalue weighted by molar-refractivity contribution is 7.90. The van der Waals surface area contributed by atoms with Crippen LogP contribution in [0, 0.1) is 0 Å². The van der Waals surface area contributed by atoms with Crippen molar-refractivity contribution in [3.05, 3.63) is 29.8 Å². The number of nitrogens with two attached hydrogens (primary N) is 1. The minimum atomic E-state index is -3.59. The van der Waals surface area contributed by atoms with Gasteiger partial charge in [-0.3, -0.25) is 0 Å². The summed E-state index contributed by atoms with van der Waals surface area (Å²) in [4.78, 5) is 0. The average Bonchev–Trinajstić information content (AvgIpc) is 2.66. The molecule has 1 fully saturated rings. The van der Waals surface area contributed by atoms with Crippen LogP contribution in [0.15, 0.2) is 24.3 Å². The van der Waals surface area contributed by atoms with E-state index in [-0.39, 0.29) is 17.1 Å². The molecule has 7 heteroatoms. The van der Waals surface area contributed by atoms with Gasteiger partial charge in [-0.25, -0.2) is 13.6 Å². The standard InChI is InChI=1S/C18H30BNO4S/c1-13(12-16(2,3)25(20,21)22)14-8-10-15(11-9-14)19-23-17(4,5)18(6,7)24-19/h8-11,13H,12H2,1-7H3,(H2,20,21,22)/t13-/m1/s1. The Morgan fingerprint density at radius 3 is 1.92 bits per heavy atom. The molecule has 2 N–H and O–H groups in total. The number of rotatable bonds is 5. The summed E-state index contributed by atoms with van der Waals surface area (Å²) in [6, 6.07) is 7.98. The topological polar surface area (TPSA) is 78.6 Å². The Morgan fingerprint density at radius 2 is 1.52 bits per heavy atom. The molecular weight excluding hydrogens is 337 g/mol. The van der Waals surface area contributed by atoms with Crippen LogP contribution in [0.25, 0.3) is 0 Å². The first kappa shape index (κ1) is 20.4. The van der Waals surface area contributed by atoms with Gasteiger partial charge in [0.2, 0.25) is 10.0 Å². The fourth-order valence-electron chi connectivity index (χ4n) is 2.93. The molecule has 25 heavy (non-hydrogen) atoms. The fourth-order valence-corrected chi connectivity index (χ4v) is 3.41. The molecule has 2 rings (SSSR count). The Bertz CT molecular complexity index is 710. The van der Waals surface area contributed by atoms with Crippen LogP contribution < -0.4 is 10.6 Å². The van der Waals surface area contributed by atoms with Gasteiger partial charge in [0.05, 0.1) is 15.9 Å². The summed E-state index contributed by atoms with van der Waals surface area (Å²) in [5.74, 6) is 0.0701. The maximum atomic E-state index is 11.7. The third-order valence-electron chi connectivity index (χ3n) is 5.60. The summed E-state index contributed by atoms with van der Waals surface area (Å²) >= 11 is 0. The van der Waals surface area contributed by atoms with Crippen molar-refractivity contribution in [3.63, 3.8) is 0 Å². The van der Waals surface area contributed by atoms with Crippen molar-refractivity contribution in [2.24, 2.45) is 5.14 Å². The molecule has 1 aliphatic rings. The number of primary sulfonamides is 1. The molecule has 0 bridgehead atoms. The zero-order chi connectivity index (χ0) is 19.3. The second-order valence-electron chi connectivity index (χ2n) is 8.66. The first-order valence-electron chi connectivity index (χ1n) is 8.64. The van der Waals surface area contributed by atoms with Crippen molar-refractivity contribution in [3.8, 4) is 0 Å². The molecule has 0 aliphatic carbocycles. The normalized spacial score (nSPS) is 21.4. The molecule has 5 nitrogen and oxygen atoms in total. The Labute approximate surface area is 152 Å². The van der Waals surface area contributed by atoms with Crippen molar-refractivity contribution in [1.29, 1.82) is 0 Å². The fraction of sp³-hybridized carbons (Fsp3) is 0.667. The van der Waals surface area contributed by atoms with E-state index in [4.69, 9.17) is 14.4 Å². The van der Waals surface area contributed by atoms with Gasteiger partial charge in [0.15, 0.2) is 0 Å². The minimum Gasteiger partial charge on any atom is -0.399 e. The van der Waals surface area contributed by atoms with Crippen LogP contribution >= 0.6 is 0 Å². The molecule has 1 heterocycles. The molecule has 0 unspecified atom stereocenters. The third kappa shape index (κ3) is 4.10. The molecule has 140 valence electrons. The highest BCUT2D eigenvalue weighted by Crippen LogP contribution is 2.36. The van der Waals surface area contributed by atoms with Crippen molar-refractivity contribution in [1.82, 2.24) is 0 Å². The lowest BCUT2D eigenvalue weighted by Gasteiger charge is -2.32. The Balaban J connectivity index is 2.13. The molecule has 1 aromatic rings. The molecule has 0 amide bonds. The highest BCUT2D eigenvalue weighted by Gasteiger charge is 2.51. The summed E-state index contributed by atoms with van der Waals surface area (Å²) in [5.41, 5.74) is 1.28. The van der Waals surface area contributed by atoms with E-state index in [1.54, 1.807) is 13.8 Å². The lowest BCUT2D eigenvalue weighted by Crippen LogP contribution is -2.41. The Hall–Kier alpha value is -0.885. The van der Waals surface area contributed by atoms with Gasteiger partial charge in [-0.1, -0.05) is 31.2 Å². The van der Waals surface area contributed by atoms with Crippen LogP contribution in [0.4, 0.5) is 0 Å². The monoisotopic (exact) mass is 367 g/mol. The SMILES string of the molecule is C[C@H](CC(C)(C)S(N)(=O)=O)c1ccc(B2OC(C)(C)C(C)(C)O2)cc1. The molecule has 0 saturated carbocycles. The first-order chi connectivity index (χ1) is 11.2. The average molecular weight is 367 g/mol. The molecule has 0 radical (unpaired) electrons. The van der Waals surface area contributed by atoms with Crippen molar-refractivity contribution < 1.29 is 17.7 Å². The van der Waals surface area contributed by atoms with Crippen molar-refractivity contribution >= 4 is 22.6 Å². The molecule has 1 aliphatic heterocycles. The molecule has 1 aromatic carbocycles. The van der Waals surface area contributed by atoms with Gasteiger partial charge >= 0.3 is 7.12 Å². The summed E-state index contributed by atoms with van der Waals surface area (Å²) in [6.45, 7) is 13.4. The van der Waals surface area contributed by atoms with E-state index < -0.39 is 21.9 Å².